The maximum absolute atomic E-state index is 13.9. The first-order valence-corrected chi connectivity index (χ1v) is 9.66. The number of anilines is 1. The summed E-state index contributed by atoms with van der Waals surface area (Å²) >= 11 is 0. The van der Waals surface area contributed by atoms with Crippen molar-refractivity contribution in [3.05, 3.63) is 47.9 Å². The van der Waals surface area contributed by atoms with Crippen molar-refractivity contribution in [1.82, 2.24) is 4.98 Å². The standard InChI is InChI=1S/C19H21FN2OS/c1-13(2)15-7-16(9-17(20)8-15)14-3-4-18(21-10-14)22-11-19(5-6-19)12-24(22)23/h3-4,7-10,13H,5-6,11-12H2,1-2H3. The highest BCUT2D eigenvalue weighted by Gasteiger charge is 2.51. The van der Waals surface area contributed by atoms with Crippen LogP contribution in [0.1, 0.15) is 38.2 Å². The topological polar surface area (TPSA) is 33.2 Å². The summed E-state index contributed by atoms with van der Waals surface area (Å²) in [6.07, 6.45) is 4.10. The van der Waals surface area contributed by atoms with Gasteiger partial charge in [-0.3, -0.25) is 4.31 Å². The lowest BCUT2D eigenvalue weighted by Gasteiger charge is -2.16. The highest BCUT2D eigenvalue weighted by atomic mass is 32.2. The van der Waals surface area contributed by atoms with Crippen LogP contribution in [0.4, 0.5) is 10.2 Å². The van der Waals surface area contributed by atoms with E-state index in [9.17, 15) is 8.60 Å². The molecule has 1 saturated heterocycles. The van der Waals surface area contributed by atoms with Gasteiger partial charge in [0.2, 0.25) is 0 Å². The number of benzene rings is 1. The fourth-order valence-corrected chi connectivity index (χ4v) is 5.04. The number of hydrogen-bond acceptors (Lipinski definition) is 2. The Balaban J connectivity index is 1.61. The van der Waals surface area contributed by atoms with Gasteiger partial charge in [0, 0.05) is 23.7 Å². The van der Waals surface area contributed by atoms with Gasteiger partial charge in [-0.25, -0.2) is 13.6 Å². The molecule has 4 rings (SSSR count). The molecule has 1 aromatic heterocycles. The summed E-state index contributed by atoms with van der Waals surface area (Å²) in [5, 5.41) is 0. The molecule has 0 radical (unpaired) electrons. The van der Waals surface area contributed by atoms with Gasteiger partial charge in [0.15, 0.2) is 0 Å². The molecule has 126 valence electrons. The number of aromatic nitrogens is 1. The lowest BCUT2D eigenvalue weighted by atomic mass is 9.98. The van der Waals surface area contributed by atoms with E-state index in [0.29, 0.717) is 0 Å². The minimum Gasteiger partial charge on any atom is -0.275 e. The van der Waals surface area contributed by atoms with Crippen LogP contribution in [-0.4, -0.2) is 21.5 Å². The average molecular weight is 344 g/mol. The molecule has 1 atom stereocenters. The number of halogens is 1. The molecule has 2 aromatic rings. The minimum absolute atomic E-state index is 0.225. The van der Waals surface area contributed by atoms with E-state index in [1.165, 1.54) is 18.9 Å². The van der Waals surface area contributed by atoms with E-state index in [4.69, 9.17) is 0 Å². The quantitative estimate of drug-likeness (QED) is 0.833. The SMILES string of the molecule is CC(C)c1cc(F)cc(-c2ccc(N3CC4(CC4)CS3=O)nc2)c1. The van der Waals surface area contributed by atoms with Gasteiger partial charge in [-0.2, -0.15) is 0 Å². The molecule has 1 aliphatic heterocycles. The van der Waals surface area contributed by atoms with Crippen molar-refractivity contribution in [1.29, 1.82) is 0 Å². The number of hydrogen-bond donors (Lipinski definition) is 0. The van der Waals surface area contributed by atoms with Crippen molar-refractivity contribution in [3.63, 3.8) is 0 Å². The first kappa shape index (κ1) is 15.8. The summed E-state index contributed by atoms with van der Waals surface area (Å²) in [7, 11) is -0.972. The molecule has 2 heterocycles. The van der Waals surface area contributed by atoms with Crippen molar-refractivity contribution < 1.29 is 8.60 Å². The van der Waals surface area contributed by atoms with Crippen LogP contribution in [0, 0.1) is 11.2 Å². The summed E-state index contributed by atoms with van der Waals surface area (Å²) in [5.41, 5.74) is 2.97. The Labute approximate surface area is 144 Å². The van der Waals surface area contributed by atoms with Crippen LogP contribution >= 0.6 is 0 Å². The van der Waals surface area contributed by atoms with Crippen molar-refractivity contribution >= 4 is 16.8 Å². The van der Waals surface area contributed by atoms with E-state index in [0.717, 1.165) is 34.8 Å². The smallest absolute Gasteiger partial charge is 0.140 e. The molecule has 0 amide bonds. The molecule has 1 aromatic carbocycles. The predicted octanol–water partition coefficient (Wildman–Crippen LogP) is 4.28. The van der Waals surface area contributed by atoms with Crippen LogP contribution in [0.25, 0.3) is 11.1 Å². The summed E-state index contributed by atoms with van der Waals surface area (Å²) in [5.74, 6) is 1.56. The summed E-state index contributed by atoms with van der Waals surface area (Å²) in [6, 6.07) is 8.97. The Bertz CT molecular complexity index is 800. The molecule has 0 bridgehead atoms. The lowest BCUT2D eigenvalue weighted by molar-refractivity contribution is 0.624. The van der Waals surface area contributed by atoms with Gasteiger partial charge in [-0.1, -0.05) is 19.9 Å². The summed E-state index contributed by atoms with van der Waals surface area (Å²) < 4.78 is 28.1. The average Bonchev–Trinajstić information content (AvgIpc) is 3.22. The number of pyridine rings is 1. The second-order valence-electron chi connectivity index (χ2n) is 7.34. The molecule has 5 heteroatoms. The van der Waals surface area contributed by atoms with E-state index >= 15 is 0 Å². The molecule has 0 N–H and O–H groups in total. The number of rotatable bonds is 3. The molecular formula is C19H21FN2OS. The second-order valence-corrected chi connectivity index (χ2v) is 8.71. The monoisotopic (exact) mass is 344 g/mol. The molecule has 24 heavy (non-hydrogen) atoms. The molecular weight excluding hydrogens is 323 g/mol. The lowest BCUT2D eigenvalue weighted by Crippen LogP contribution is -2.21. The summed E-state index contributed by atoms with van der Waals surface area (Å²) in [6.45, 7) is 4.94. The summed E-state index contributed by atoms with van der Waals surface area (Å²) in [4.78, 5) is 4.50. The van der Waals surface area contributed by atoms with Crippen LogP contribution in [0.3, 0.4) is 0 Å². The number of nitrogens with zero attached hydrogens (tertiary/aromatic N) is 2. The van der Waals surface area contributed by atoms with Gasteiger partial charge < -0.3 is 0 Å². The first-order chi connectivity index (χ1) is 11.5. The maximum atomic E-state index is 13.9. The van der Waals surface area contributed by atoms with Crippen LogP contribution < -0.4 is 4.31 Å². The molecule has 1 saturated carbocycles. The molecule has 1 spiro atoms. The Morgan fingerprint density at radius 2 is 2.00 bits per heavy atom. The Morgan fingerprint density at radius 1 is 1.21 bits per heavy atom. The Morgan fingerprint density at radius 3 is 2.58 bits per heavy atom. The van der Waals surface area contributed by atoms with Crippen molar-refractivity contribution in [2.45, 2.75) is 32.6 Å². The van der Waals surface area contributed by atoms with Gasteiger partial charge in [0.05, 0.1) is 5.75 Å². The van der Waals surface area contributed by atoms with Crippen molar-refractivity contribution in [3.8, 4) is 11.1 Å². The van der Waals surface area contributed by atoms with E-state index in [1.807, 2.05) is 22.5 Å². The Hall–Kier alpha value is -1.75. The zero-order chi connectivity index (χ0) is 16.9. The van der Waals surface area contributed by atoms with Gasteiger partial charge in [-0.15, -0.1) is 0 Å². The van der Waals surface area contributed by atoms with E-state index in [-0.39, 0.29) is 17.2 Å². The third kappa shape index (κ3) is 2.86. The largest absolute Gasteiger partial charge is 0.275 e. The molecule has 2 aliphatic rings. The van der Waals surface area contributed by atoms with E-state index in [1.54, 1.807) is 12.3 Å². The third-order valence-electron chi connectivity index (χ3n) is 5.04. The highest BCUT2D eigenvalue weighted by Crippen LogP contribution is 2.51. The normalized spacial score (nSPS) is 21.7. The fraction of sp³-hybridized carbons (Fsp3) is 0.421. The molecule has 3 nitrogen and oxygen atoms in total. The maximum Gasteiger partial charge on any atom is 0.140 e. The molecule has 1 unspecified atom stereocenters. The second kappa shape index (κ2) is 5.66. The van der Waals surface area contributed by atoms with Gasteiger partial charge in [0.1, 0.15) is 22.6 Å². The zero-order valence-electron chi connectivity index (χ0n) is 14.0. The van der Waals surface area contributed by atoms with Crippen molar-refractivity contribution in [2.24, 2.45) is 5.41 Å². The predicted molar refractivity (Wildman–Crippen MR) is 95.7 cm³/mol. The third-order valence-corrected chi connectivity index (χ3v) is 6.70. The van der Waals surface area contributed by atoms with E-state index in [2.05, 4.69) is 18.8 Å². The Kier molecular flexibility index (Phi) is 3.71. The highest BCUT2D eigenvalue weighted by molar-refractivity contribution is 7.86. The van der Waals surface area contributed by atoms with Crippen LogP contribution in [-0.2, 0) is 11.0 Å². The minimum atomic E-state index is -0.972. The van der Waals surface area contributed by atoms with Crippen LogP contribution in [0.15, 0.2) is 36.5 Å². The van der Waals surface area contributed by atoms with E-state index < -0.39 is 11.0 Å². The van der Waals surface area contributed by atoms with Crippen LogP contribution in [0.2, 0.25) is 0 Å². The van der Waals surface area contributed by atoms with Gasteiger partial charge in [-0.05, 0) is 54.2 Å². The molecule has 2 fully saturated rings. The zero-order valence-corrected chi connectivity index (χ0v) is 14.8. The van der Waals surface area contributed by atoms with Crippen LogP contribution in [0.5, 0.6) is 0 Å². The fourth-order valence-electron chi connectivity index (χ4n) is 3.24. The first-order valence-electron chi connectivity index (χ1n) is 8.39. The molecule has 1 aliphatic carbocycles. The van der Waals surface area contributed by atoms with Crippen molar-refractivity contribution in [2.75, 3.05) is 16.6 Å². The van der Waals surface area contributed by atoms with Gasteiger partial charge in [0.25, 0.3) is 0 Å². The van der Waals surface area contributed by atoms with Gasteiger partial charge >= 0.3 is 0 Å².